The molecular weight excluding hydrogens is 553 g/mol. The summed E-state index contributed by atoms with van der Waals surface area (Å²) in [6.07, 6.45) is 5.21. The second-order valence-corrected chi connectivity index (χ2v) is 12.2. The van der Waals surface area contributed by atoms with Gasteiger partial charge in [-0.05, 0) is 48.9 Å². The molecule has 11 heteroatoms. The monoisotopic (exact) mass is 575 g/mol. The molecule has 4 aromatic rings. The smallest absolute Gasteiger partial charge is 0.236 e. The second kappa shape index (κ2) is 11.1. The third kappa shape index (κ3) is 5.40. The molecule has 0 aliphatic heterocycles. The number of halogens is 2. The number of thiazole rings is 1. The van der Waals surface area contributed by atoms with Crippen LogP contribution >= 0.6 is 57.6 Å². The van der Waals surface area contributed by atoms with Crippen molar-refractivity contribution in [2.45, 2.75) is 37.9 Å². The molecule has 1 amide bonds. The van der Waals surface area contributed by atoms with E-state index in [1.807, 2.05) is 33.4 Å². The van der Waals surface area contributed by atoms with E-state index in [2.05, 4.69) is 39.4 Å². The zero-order valence-electron chi connectivity index (χ0n) is 19.5. The number of nitrogens with zero attached hydrogens (tertiary/aromatic N) is 4. The van der Waals surface area contributed by atoms with E-state index < -0.39 is 0 Å². The standard InChI is InChI=1S/C25H23Cl2N5OS3/c1-3-8-32-23(18-11-34-21-9-14(2)4-6-16(18)21)30-31-25(32)36-13-22(33)29-24-28-20(12-35-24)17-7-5-15(26)10-19(17)27/h3,5,7,10-12,14H,1,4,6,8-9,13H2,2H3,(H,28,29,33). The summed E-state index contributed by atoms with van der Waals surface area (Å²) >= 11 is 16.8. The minimum absolute atomic E-state index is 0.167. The van der Waals surface area contributed by atoms with Crippen LogP contribution in [0.15, 0.2) is 46.8 Å². The highest BCUT2D eigenvalue weighted by Crippen LogP contribution is 2.38. The maximum absolute atomic E-state index is 12.7. The van der Waals surface area contributed by atoms with Crippen molar-refractivity contribution >= 4 is 68.7 Å². The topological polar surface area (TPSA) is 72.7 Å². The number of allylic oxidation sites excluding steroid dienone is 1. The Labute approximate surface area is 231 Å². The number of carbonyl (C=O) groups is 1. The van der Waals surface area contributed by atoms with Gasteiger partial charge in [0.25, 0.3) is 0 Å². The largest absolute Gasteiger partial charge is 0.301 e. The lowest BCUT2D eigenvalue weighted by molar-refractivity contribution is -0.113. The molecule has 186 valence electrons. The third-order valence-electron chi connectivity index (χ3n) is 5.96. The van der Waals surface area contributed by atoms with E-state index in [1.54, 1.807) is 12.1 Å². The fourth-order valence-corrected chi connectivity index (χ4v) is 7.41. The number of amides is 1. The SMILES string of the molecule is C=CCn1c(SCC(=O)Nc2nc(-c3ccc(Cl)cc3Cl)cs2)nnc1-c1csc2c1CCC(C)C2. The van der Waals surface area contributed by atoms with E-state index in [-0.39, 0.29) is 11.7 Å². The molecule has 1 N–H and O–H groups in total. The average molecular weight is 577 g/mol. The number of nitrogens with one attached hydrogen (secondary N) is 1. The maximum atomic E-state index is 12.7. The van der Waals surface area contributed by atoms with Crippen LogP contribution in [-0.4, -0.2) is 31.4 Å². The van der Waals surface area contributed by atoms with Gasteiger partial charge in [-0.1, -0.05) is 48.0 Å². The molecule has 0 radical (unpaired) electrons. The Balaban J connectivity index is 1.27. The van der Waals surface area contributed by atoms with Gasteiger partial charge >= 0.3 is 0 Å². The molecule has 0 fully saturated rings. The molecule has 1 atom stereocenters. The number of thioether (sulfide) groups is 1. The summed E-state index contributed by atoms with van der Waals surface area (Å²) in [5, 5.41) is 18.1. The molecule has 36 heavy (non-hydrogen) atoms. The zero-order chi connectivity index (χ0) is 25.2. The van der Waals surface area contributed by atoms with Gasteiger partial charge in [0, 0.05) is 38.3 Å². The number of aromatic nitrogens is 4. The van der Waals surface area contributed by atoms with Gasteiger partial charge in [-0.15, -0.1) is 39.4 Å². The summed E-state index contributed by atoms with van der Waals surface area (Å²) in [6, 6.07) is 5.25. The molecule has 0 spiro atoms. The molecule has 3 aromatic heterocycles. The molecule has 3 heterocycles. The fourth-order valence-electron chi connectivity index (χ4n) is 4.19. The van der Waals surface area contributed by atoms with Crippen molar-refractivity contribution in [3.8, 4) is 22.6 Å². The summed E-state index contributed by atoms with van der Waals surface area (Å²) in [7, 11) is 0. The molecule has 6 nitrogen and oxygen atoms in total. The van der Waals surface area contributed by atoms with Gasteiger partial charge in [0.1, 0.15) is 0 Å². The van der Waals surface area contributed by atoms with Crippen LogP contribution in [0.25, 0.3) is 22.6 Å². The van der Waals surface area contributed by atoms with Gasteiger partial charge < -0.3 is 5.32 Å². The molecule has 0 saturated heterocycles. The third-order valence-corrected chi connectivity index (χ3v) is 9.28. The van der Waals surface area contributed by atoms with Crippen LogP contribution in [0.5, 0.6) is 0 Å². The van der Waals surface area contributed by atoms with Crippen molar-refractivity contribution in [1.82, 2.24) is 19.7 Å². The molecule has 1 unspecified atom stereocenters. The number of anilines is 1. The van der Waals surface area contributed by atoms with Gasteiger partial charge in [-0.25, -0.2) is 4.98 Å². The first-order valence-corrected chi connectivity index (χ1v) is 14.9. The number of thiophene rings is 1. The molecule has 1 aromatic carbocycles. The molecular formula is C25H23Cl2N5OS3. The van der Waals surface area contributed by atoms with Crippen molar-refractivity contribution in [3.63, 3.8) is 0 Å². The lowest BCUT2D eigenvalue weighted by Gasteiger charge is -2.19. The van der Waals surface area contributed by atoms with E-state index in [4.69, 9.17) is 23.2 Å². The van der Waals surface area contributed by atoms with Crippen molar-refractivity contribution in [3.05, 3.63) is 62.1 Å². The Kier molecular flexibility index (Phi) is 7.83. The van der Waals surface area contributed by atoms with Gasteiger partial charge in [0.15, 0.2) is 16.1 Å². The fraction of sp³-hybridized carbons (Fsp3) is 0.280. The second-order valence-electron chi connectivity index (χ2n) is 8.60. The summed E-state index contributed by atoms with van der Waals surface area (Å²) in [5.41, 5.74) is 4.00. The summed E-state index contributed by atoms with van der Waals surface area (Å²) in [5.74, 6) is 1.58. The number of rotatable bonds is 8. The summed E-state index contributed by atoms with van der Waals surface area (Å²) in [6.45, 7) is 6.78. The van der Waals surface area contributed by atoms with Gasteiger partial charge in [0.2, 0.25) is 5.91 Å². The van der Waals surface area contributed by atoms with E-state index in [9.17, 15) is 4.79 Å². The van der Waals surface area contributed by atoms with Crippen molar-refractivity contribution in [2.75, 3.05) is 11.1 Å². The highest BCUT2D eigenvalue weighted by molar-refractivity contribution is 7.99. The molecule has 5 rings (SSSR count). The van der Waals surface area contributed by atoms with E-state index in [0.29, 0.717) is 32.6 Å². The molecule has 0 saturated carbocycles. The number of fused-ring (bicyclic) bond motifs is 1. The lowest BCUT2D eigenvalue weighted by Crippen LogP contribution is -2.14. The van der Waals surface area contributed by atoms with Crippen molar-refractivity contribution < 1.29 is 4.79 Å². The Morgan fingerprint density at radius 2 is 2.14 bits per heavy atom. The van der Waals surface area contributed by atoms with Crippen molar-refractivity contribution in [2.24, 2.45) is 5.92 Å². The Hall–Kier alpha value is -2.17. The van der Waals surface area contributed by atoms with Crippen LogP contribution < -0.4 is 5.32 Å². The van der Waals surface area contributed by atoms with Gasteiger partial charge in [-0.3, -0.25) is 9.36 Å². The first kappa shape index (κ1) is 25.5. The first-order valence-electron chi connectivity index (χ1n) is 11.4. The normalized spacial score (nSPS) is 15.0. The summed E-state index contributed by atoms with van der Waals surface area (Å²) in [4.78, 5) is 18.6. The predicted octanol–water partition coefficient (Wildman–Crippen LogP) is 7.48. The average Bonchev–Trinajstić information content (AvgIpc) is 3.56. The first-order chi connectivity index (χ1) is 17.4. The lowest BCUT2D eigenvalue weighted by atomic mass is 9.88. The Bertz CT molecular complexity index is 1430. The van der Waals surface area contributed by atoms with E-state index in [0.717, 1.165) is 35.7 Å². The van der Waals surface area contributed by atoms with Crippen molar-refractivity contribution in [1.29, 1.82) is 0 Å². The van der Waals surface area contributed by atoms with Crippen LogP contribution in [0.3, 0.4) is 0 Å². The minimum Gasteiger partial charge on any atom is -0.301 e. The highest BCUT2D eigenvalue weighted by Gasteiger charge is 2.24. The van der Waals surface area contributed by atoms with Gasteiger partial charge in [-0.2, -0.15) is 0 Å². The molecule has 1 aliphatic rings. The van der Waals surface area contributed by atoms with E-state index >= 15 is 0 Å². The molecule has 0 bridgehead atoms. The maximum Gasteiger partial charge on any atom is 0.236 e. The molecule has 1 aliphatic carbocycles. The number of hydrogen-bond donors (Lipinski definition) is 1. The number of hydrogen-bond acceptors (Lipinski definition) is 7. The van der Waals surface area contributed by atoms with Gasteiger partial charge in [0.05, 0.1) is 16.5 Å². The van der Waals surface area contributed by atoms with Crippen LogP contribution in [0, 0.1) is 5.92 Å². The van der Waals surface area contributed by atoms with Crippen LogP contribution in [-0.2, 0) is 24.2 Å². The Morgan fingerprint density at radius 1 is 1.28 bits per heavy atom. The zero-order valence-corrected chi connectivity index (χ0v) is 23.4. The predicted molar refractivity (Wildman–Crippen MR) is 152 cm³/mol. The number of carbonyl (C=O) groups excluding carboxylic acids is 1. The van der Waals surface area contributed by atoms with Crippen LogP contribution in [0.1, 0.15) is 23.8 Å². The quantitative estimate of drug-likeness (QED) is 0.174. The number of benzene rings is 1. The highest BCUT2D eigenvalue weighted by atomic mass is 35.5. The van der Waals surface area contributed by atoms with Crippen LogP contribution in [0.4, 0.5) is 5.13 Å². The summed E-state index contributed by atoms with van der Waals surface area (Å²) < 4.78 is 2.04. The van der Waals surface area contributed by atoms with E-state index in [1.165, 1.54) is 40.0 Å². The van der Waals surface area contributed by atoms with Crippen LogP contribution in [0.2, 0.25) is 10.0 Å². The Morgan fingerprint density at radius 3 is 2.94 bits per heavy atom. The minimum atomic E-state index is -0.167.